The summed E-state index contributed by atoms with van der Waals surface area (Å²) < 4.78 is 0. The molecule has 0 spiro atoms. The van der Waals surface area contributed by atoms with E-state index in [9.17, 15) is 5.11 Å². The smallest absolute Gasteiger partial charge is 0.0672 e. The topological polar surface area (TPSA) is 52.7 Å². The molecule has 0 aromatic rings. The predicted octanol–water partition coefficient (Wildman–Crippen LogP) is 2.93. The largest absolute Gasteiger partial charge is 0.390 e. The summed E-state index contributed by atoms with van der Waals surface area (Å²) >= 11 is 0. The minimum Gasteiger partial charge on any atom is -0.390 e. The van der Waals surface area contributed by atoms with Crippen molar-refractivity contribution in [2.45, 2.75) is 57.5 Å². The predicted molar refractivity (Wildman–Crippen MR) is 91.8 cm³/mol. The van der Waals surface area contributed by atoms with Crippen molar-refractivity contribution >= 4 is 0 Å². The first kappa shape index (κ1) is 17.3. The van der Waals surface area contributed by atoms with Gasteiger partial charge in [0.1, 0.15) is 0 Å². The Labute approximate surface area is 134 Å². The van der Waals surface area contributed by atoms with Crippen molar-refractivity contribution in [1.29, 1.82) is 0 Å². The van der Waals surface area contributed by atoms with Crippen LogP contribution in [0.5, 0.6) is 0 Å². The van der Waals surface area contributed by atoms with E-state index in [2.05, 4.69) is 37.1 Å². The van der Waals surface area contributed by atoms with Crippen molar-refractivity contribution in [3.05, 3.63) is 35.7 Å². The van der Waals surface area contributed by atoms with Gasteiger partial charge in [-0.15, -0.1) is 0 Å². The van der Waals surface area contributed by atoms with Crippen LogP contribution in [0.1, 0.15) is 51.9 Å². The van der Waals surface area contributed by atoms with Crippen LogP contribution >= 0.6 is 0 Å². The lowest BCUT2D eigenvalue weighted by Gasteiger charge is -2.36. The fraction of sp³-hybridized carbons (Fsp3) is 0.667. The molecule has 1 fully saturated rings. The molecular weight excluding hydrogens is 274 g/mol. The average molecular weight is 305 g/mol. The van der Waals surface area contributed by atoms with Gasteiger partial charge in [0.05, 0.1) is 11.3 Å². The van der Waals surface area contributed by atoms with Gasteiger partial charge in [-0.2, -0.15) is 0 Å². The van der Waals surface area contributed by atoms with Crippen LogP contribution in [0.3, 0.4) is 0 Å². The minimum absolute atomic E-state index is 0.458. The summed E-state index contributed by atoms with van der Waals surface area (Å²) in [6.45, 7) is 4.17. The lowest BCUT2D eigenvalue weighted by atomic mass is 9.86. The number of nitrogens with two attached hydrogens (primary N) is 1. The van der Waals surface area contributed by atoms with Gasteiger partial charge < -0.3 is 10.0 Å². The van der Waals surface area contributed by atoms with Crippen LogP contribution < -0.4 is 5.84 Å². The van der Waals surface area contributed by atoms with Crippen LogP contribution in [-0.4, -0.2) is 40.8 Å². The summed E-state index contributed by atoms with van der Waals surface area (Å²) in [7, 11) is 2.12. The third-order valence-corrected chi connectivity index (χ3v) is 4.74. The highest BCUT2D eigenvalue weighted by Crippen LogP contribution is 2.28. The molecule has 0 atom stereocenters. The second kappa shape index (κ2) is 7.95. The molecule has 22 heavy (non-hydrogen) atoms. The van der Waals surface area contributed by atoms with E-state index in [0.29, 0.717) is 0 Å². The number of hydrazine groups is 1. The summed E-state index contributed by atoms with van der Waals surface area (Å²) in [5.74, 6) is 6.05. The fourth-order valence-electron chi connectivity index (χ4n) is 3.09. The van der Waals surface area contributed by atoms with Gasteiger partial charge in [0, 0.05) is 19.3 Å². The van der Waals surface area contributed by atoms with Crippen LogP contribution in [0.15, 0.2) is 35.7 Å². The molecule has 0 radical (unpaired) electrons. The Bertz CT molecular complexity index is 445. The molecule has 124 valence electrons. The quantitative estimate of drug-likeness (QED) is 0.741. The van der Waals surface area contributed by atoms with Gasteiger partial charge in [0.15, 0.2) is 0 Å². The molecular formula is C18H31N3O. The summed E-state index contributed by atoms with van der Waals surface area (Å²) in [6, 6.07) is 0. The van der Waals surface area contributed by atoms with E-state index in [1.54, 1.807) is 5.01 Å². The van der Waals surface area contributed by atoms with Crippen molar-refractivity contribution in [3.63, 3.8) is 0 Å². The van der Waals surface area contributed by atoms with Gasteiger partial charge >= 0.3 is 0 Å². The van der Waals surface area contributed by atoms with Crippen molar-refractivity contribution in [3.8, 4) is 0 Å². The Hall–Kier alpha value is -1.10. The van der Waals surface area contributed by atoms with Gasteiger partial charge in [-0.25, -0.2) is 5.84 Å². The third kappa shape index (κ3) is 4.97. The monoisotopic (exact) mass is 305 g/mol. The van der Waals surface area contributed by atoms with Gasteiger partial charge in [-0.3, -0.25) is 5.01 Å². The maximum absolute atomic E-state index is 10.6. The van der Waals surface area contributed by atoms with E-state index in [1.165, 1.54) is 5.57 Å². The third-order valence-electron chi connectivity index (χ3n) is 4.74. The van der Waals surface area contributed by atoms with Crippen molar-refractivity contribution in [1.82, 2.24) is 9.91 Å². The second-order valence-electron chi connectivity index (χ2n) is 6.74. The molecule has 1 saturated heterocycles. The first-order chi connectivity index (χ1) is 10.5. The number of likely N-dealkylation sites (tertiary alicyclic amines) is 1. The molecule has 4 nitrogen and oxygen atoms in total. The molecule has 2 rings (SSSR count). The molecule has 0 saturated carbocycles. The number of allylic oxidation sites excluding steroid dienone is 4. The van der Waals surface area contributed by atoms with Crippen LogP contribution in [0.2, 0.25) is 0 Å². The SMILES string of the molecule is CCC/C=C1\C=CC(CCCC2(O)CCN(C)CC2)=CN1N. The van der Waals surface area contributed by atoms with E-state index < -0.39 is 5.60 Å². The molecule has 0 amide bonds. The van der Waals surface area contributed by atoms with Gasteiger partial charge in [-0.1, -0.05) is 25.5 Å². The van der Waals surface area contributed by atoms with E-state index in [-0.39, 0.29) is 0 Å². The highest BCUT2D eigenvalue weighted by molar-refractivity contribution is 5.33. The normalized spacial score (nSPS) is 23.9. The first-order valence-electron chi connectivity index (χ1n) is 8.56. The average Bonchev–Trinajstić information content (AvgIpc) is 2.50. The number of unbranched alkanes of at least 4 members (excludes halogenated alkanes) is 1. The van der Waals surface area contributed by atoms with Gasteiger partial charge in [-0.05, 0) is 57.2 Å². The van der Waals surface area contributed by atoms with Crippen LogP contribution in [0.25, 0.3) is 0 Å². The number of hydrogen-bond donors (Lipinski definition) is 2. The lowest BCUT2D eigenvalue weighted by Crippen LogP contribution is -2.42. The van der Waals surface area contributed by atoms with E-state index in [4.69, 9.17) is 5.84 Å². The van der Waals surface area contributed by atoms with Crippen LogP contribution in [0.4, 0.5) is 0 Å². The molecule has 2 aliphatic rings. The zero-order valence-electron chi connectivity index (χ0n) is 14.1. The molecule has 2 aliphatic heterocycles. The van der Waals surface area contributed by atoms with Crippen molar-refractivity contribution in [2.75, 3.05) is 20.1 Å². The number of aliphatic hydroxyl groups is 1. The molecule has 0 aromatic heterocycles. The number of hydrogen-bond acceptors (Lipinski definition) is 4. The Morgan fingerprint density at radius 3 is 2.68 bits per heavy atom. The Morgan fingerprint density at radius 2 is 2.05 bits per heavy atom. The van der Waals surface area contributed by atoms with E-state index in [1.807, 2.05) is 6.20 Å². The lowest BCUT2D eigenvalue weighted by molar-refractivity contribution is -0.0235. The van der Waals surface area contributed by atoms with E-state index >= 15 is 0 Å². The van der Waals surface area contributed by atoms with Crippen LogP contribution in [0, 0.1) is 0 Å². The Morgan fingerprint density at radius 1 is 1.32 bits per heavy atom. The maximum atomic E-state index is 10.6. The second-order valence-corrected chi connectivity index (χ2v) is 6.74. The molecule has 4 heteroatoms. The molecule has 0 aliphatic carbocycles. The minimum atomic E-state index is -0.458. The summed E-state index contributed by atoms with van der Waals surface area (Å²) in [5.41, 5.74) is 1.85. The summed E-state index contributed by atoms with van der Waals surface area (Å²) in [5, 5.41) is 12.3. The Kier molecular flexibility index (Phi) is 6.24. The summed E-state index contributed by atoms with van der Waals surface area (Å²) in [6.07, 6.45) is 15.3. The van der Waals surface area contributed by atoms with Gasteiger partial charge in [0.2, 0.25) is 0 Å². The Balaban J connectivity index is 1.77. The number of rotatable bonds is 6. The molecule has 3 N–H and O–H groups in total. The maximum Gasteiger partial charge on any atom is 0.0672 e. The standard InChI is InChI=1S/C18H31N3O/c1-3-4-7-17-9-8-16(15-21(17)19)6-5-10-18(22)11-13-20(2)14-12-18/h7-9,15,22H,3-6,10-14,19H2,1-2H3/b17-7+. The molecule has 0 unspecified atom stereocenters. The molecule has 0 bridgehead atoms. The number of nitrogens with zero attached hydrogens (tertiary/aromatic N) is 2. The first-order valence-corrected chi connectivity index (χ1v) is 8.56. The fourth-order valence-corrected chi connectivity index (χ4v) is 3.09. The zero-order chi connectivity index (χ0) is 16.0. The zero-order valence-corrected chi connectivity index (χ0v) is 14.1. The van der Waals surface area contributed by atoms with Crippen molar-refractivity contribution < 1.29 is 5.11 Å². The molecule has 0 aromatic carbocycles. The number of piperidine rings is 1. The highest BCUT2D eigenvalue weighted by Gasteiger charge is 2.30. The van der Waals surface area contributed by atoms with E-state index in [0.717, 1.165) is 63.7 Å². The molecule has 2 heterocycles. The van der Waals surface area contributed by atoms with Gasteiger partial charge in [0.25, 0.3) is 0 Å². The highest BCUT2D eigenvalue weighted by atomic mass is 16.3. The summed E-state index contributed by atoms with van der Waals surface area (Å²) in [4.78, 5) is 2.29. The van der Waals surface area contributed by atoms with Crippen LogP contribution in [-0.2, 0) is 0 Å². The van der Waals surface area contributed by atoms with Crippen molar-refractivity contribution in [2.24, 2.45) is 5.84 Å².